The average Bonchev–Trinajstić information content (AvgIpc) is 3.41. The molecule has 4 aromatic rings. The van der Waals surface area contributed by atoms with Gasteiger partial charge in [0.25, 0.3) is 5.91 Å². The topological polar surface area (TPSA) is 83.7 Å². The predicted molar refractivity (Wildman–Crippen MR) is 123 cm³/mol. The minimum atomic E-state index is -0.341. The molecule has 0 aliphatic carbocycles. The van der Waals surface area contributed by atoms with E-state index >= 15 is 0 Å². The summed E-state index contributed by atoms with van der Waals surface area (Å²) in [6.45, 7) is 3.46. The number of amides is 1. The number of pyridine rings is 2. The van der Waals surface area contributed by atoms with Gasteiger partial charge in [-0.05, 0) is 50.2 Å². The van der Waals surface area contributed by atoms with E-state index in [-0.39, 0.29) is 16.9 Å². The Bertz CT molecular complexity index is 1360. The van der Waals surface area contributed by atoms with Crippen molar-refractivity contribution in [3.63, 3.8) is 0 Å². The first kappa shape index (κ1) is 19.6. The van der Waals surface area contributed by atoms with E-state index in [1.165, 1.54) is 12.8 Å². The number of nitrogens with zero attached hydrogens (tertiary/aromatic N) is 4. The monoisotopic (exact) mass is 418 g/mol. The number of hydrogen-bond donors (Lipinski definition) is 2. The molecular formula is C23H26N6O2. The predicted octanol–water partition coefficient (Wildman–Crippen LogP) is 2.21. The Balaban J connectivity index is 1.70. The van der Waals surface area contributed by atoms with Crippen LogP contribution in [0, 0.1) is 0 Å². The molecule has 4 heterocycles. The number of carbonyl (C=O) groups is 1. The molecule has 0 saturated carbocycles. The van der Waals surface area contributed by atoms with Gasteiger partial charge in [-0.3, -0.25) is 14.0 Å². The van der Waals surface area contributed by atoms with Crippen LogP contribution in [-0.4, -0.2) is 58.0 Å². The lowest BCUT2D eigenvalue weighted by atomic mass is 10.1. The fourth-order valence-corrected chi connectivity index (χ4v) is 4.61. The molecule has 0 bridgehead atoms. The van der Waals surface area contributed by atoms with E-state index < -0.39 is 0 Å². The highest BCUT2D eigenvalue weighted by Crippen LogP contribution is 2.26. The zero-order chi connectivity index (χ0) is 21.5. The lowest BCUT2D eigenvalue weighted by Gasteiger charge is -2.15. The second-order valence-electron chi connectivity index (χ2n) is 8.03. The largest absolute Gasteiger partial charge is 0.373 e. The molecule has 5 rings (SSSR count). The van der Waals surface area contributed by atoms with Crippen molar-refractivity contribution in [2.45, 2.75) is 12.8 Å². The number of imidazole rings is 1. The van der Waals surface area contributed by atoms with Crippen LogP contribution in [0.25, 0.3) is 27.7 Å². The van der Waals surface area contributed by atoms with Crippen molar-refractivity contribution >= 4 is 39.4 Å². The van der Waals surface area contributed by atoms with Gasteiger partial charge in [0.1, 0.15) is 17.0 Å². The molecule has 1 aromatic carbocycles. The Morgan fingerprint density at radius 2 is 1.84 bits per heavy atom. The van der Waals surface area contributed by atoms with Gasteiger partial charge in [-0.25, -0.2) is 4.98 Å². The Morgan fingerprint density at radius 3 is 2.58 bits per heavy atom. The Kier molecular flexibility index (Phi) is 4.86. The third-order valence-electron chi connectivity index (χ3n) is 6.19. The van der Waals surface area contributed by atoms with Crippen molar-refractivity contribution < 1.29 is 4.79 Å². The zero-order valence-corrected chi connectivity index (χ0v) is 17.8. The summed E-state index contributed by atoms with van der Waals surface area (Å²) in [6.07, 6.45) is 2.41. The summed E-state index contributed by atoms with van der Waals surface area (Å²) in [7, 11) is 3.67. The molecule has 0 unspecified atom stereocenters. The van der Waals surface area contributed by atoms with E-state index in [0.717, 1.165) is 30.7 Å². The summed E-state index contributed by atoms with van der Waals surface area (Å²) >= 11 is 0. The Hall–Kier alpha value is -3.39. The summed E-state index contributed by atoms with van der Waals surface area (Å²) in [4.78, 5) is 33.7. The molecule has 160 valence electrons. The summed E-state index contributed by atoms with van der Waals surface area (Å²) in [6, 6.07) is 11.4. The minimum Gasteiger partial charge on any atom is -0.373 e. The van der Waals surface area contributed by atoms with E-state index in [1.807, 2.05) is 40.3 Å². The van der Waals surface area contributed by atoms with Crippen LogP contribution in [0.15, 0.2) is 41.2 Å². The van der Waals surface area contributed by atoms with Gasteiger partial charge >= 0.3 is 0 Å². The van der Waals surface area contributed by atoms with Crippen molar-refractivity contribution in [2.24, 2.45) is 7.05 Å². The van der Waals surface area contributed by atoms with Crippen molar-refractivity contribution in [2.75, 3.05) is 38.5 Å². The molecule has 1 amide bonds. The van der Waals surface area contributed by atoms with Gasteiger partial charge in [0, 0.05) is 27.2 Å². The molecule has 1 aliphatic rings. The van der Waals surface area contributed by atoms with Gasteiger partial charge in [0.05, 0.1) is 16.4 Å². The van der Waals surface area contributed by atoms with Gasteiger partial charge in [-0.15, -0.1) is 0 Å². The molecule has 0 spiro atoms. The maximum Gasteiger partial charge on any atom is 0.259 e. The van der Waals surface area contributed by atoms with Gasteiger partial charge in [-0.2, -0.15) is 0 Å². The van der Waals surface area contributed by atoms with E-state index in [4.69, 9.17) is 0 Å². The quantitative estimate of drug-likeness (QED) is 0.519. The lowest BCUT2D eigenvalue weighted by molar-refractivity contribution is 0.0950. The molecule has 8 nitrogen and oxygen atoms in total. The number of benzene rings is 1. The standard InChI is InChI=1S/C23H26N6O2/c1-24-18-10-9-15-20(30)19(22(31)25-11-14-28-12-5-6-13-28)23-27(2)16-7-3-4-8-17(16)29(23)21(15)26-18/h3-4,7-10H,5-6,11-14H2,1-2H3,(H,24,26)(H,25,31). The Labute approximate surface area is 179 Å². The highest BCUT2D eigenvalue weighted by Gasteiger charge is 2.24. The zero-order valence-electron chi connectivity index (χ0n) is 17.8. The van der Waals surface area contributed by atoms with E-state index in [9.17, 15) is 9.59 Å². The first-order valence-corrected chi connectivity index (χ1v) is 10.7. The normalized spacial score (nSPS) is 14.6. The van der Waals surface area contributed by atoms with Crippen molar-refractivity contribution in [1.82, 2.24) is 24.2 Å². The summed E-state index contributed by atoms with van der Waals surface area (Å²) < 4.78 is 3.82. The number of hydrogen-bond acceptors (Lipinski definition) is 5. The van der Waals surface area contributed by atoms with Crippen LogP contribution in [-0.2, 0) is 7.05 Å². The minimum absolute atomic E-state index is 0.159. The van der Waals surface area contributed by atoms with Crippen molar-refractivity contribution in [3.05, 3.63) is 52.2 Å². The smallest absolute Gasteiger partial charge is 0.259 e. The SMILES string of the molecule is CNc1ccc2c(=O)c(C(=O)NCCN3CCCC3)c3n(C)c4ccccc4n3c2n1. The molecular weight excluding hydrogens is 392 g/mol. The van der Waals surface area contributed by atoms with E-state index in [1.54, 1.807) is 19.2 Å². The van der Waals surface area contributed by atoms with Gasteiger partial charge < -0.3 is 20.1 Å². The number of para-hydroxylation sites is 2. The van der Waals surface area contributed by atoms with E-state index in [0.29, 0.717) is 29.0 Å². The summed E-state index contributed by atoms with van der Waals surface area (Å²) in [5.74, 6) is 0.323. The summed E-state index contributed by atoms with van der Waals surface area (Å²) in [5, 5.41) is 6.44. The fraction of sp³-hybridized carbons (Fsp3) is 0.348. The maximum absolute atomic E-state index is 13.5. The number of aryl methyl sites for hydroxylation is 1. The van der Waals surface area contributed by atoms with E-state index in [2.05, 4.69) is 20.5 Å². The molecule has 3 aromatic heterocycles. The Morgan fingerprint density at radius 1 is 1.10 bits per heavy atom. The van der Waals surface area contributed by atoms with Crippen molar-refractivity contribution in [3.8, 4) is 0 Å². The van der Waals surface area contributed by atoms with Gasteiger partial charge in [0.15, 0.2) is 5.65 Å². The second kappa shape index (κ2) is 7.70. The molecule has 8 heteroatoms. The number of rotatable bonds is 5. The maximum atomic E-state index is 13.5. The van der Waals surface area contributed by atoms with Crippen LogP contribution in [0.5, 0.6) is 0 Å². The molecule has 31 heavy (non-hydrogen) atoms. The summed E-state index contributed by atoms with van der Waals surface area (Å²) in [5.41, 5.74) is 2.78. The lowest BCUT2D eigenvalue weighted by Crippen LogP contribution is -2.36. The van der Waals surface area contributed by atoms with Crippen LogP contribution in [0.1, 0.15) is 23.2 Å². The van der Waals surface area contributed by atoms with Crippen LogP contribution in [0.2, 0.25) is 0 Å². The molecule has 0 atom stereocenters. The fourth-order valence-electron chi connectivity index (χ4n) is 4.61. The molecule has 0 radical (unpaired) electrons. The van der Waals surface area contributed by atoms with Crippen LogP contribution < -0.4 is 16.1 Å². The number of likely N-dealkylation sites (tertiary alicyclic amines) is 1. The van der Waals surface area contributed by atoms with Crippen LogP contribution in [0.4, 0.5) is 5.82 Å². The third-order valence-corrected chi connectivity index (χ3v) is 6.19. The van der Waals surface area contributed by atoms with Crippen molar-refractivity contribution in [1.29, 1.82) is 0 Å². The number of carbonyl (C=O) groups excluding carboxylic acids is 1. The first-order valence-electron chi connectivity index (χ1n) is 10.7. The molecule has 1 saturated heterocycles. The molecule has 1 aliphatic heterocycles. The third kappa shape index (κ3) is 3.14. The molecule has 2 N–H and O–H groups in total. The highest BCUT2D eigenvalue weighted by atomic mass is 16.2. The van der Waals surface area contributed by atoms with Gasteiger partial charge in [-0.1, -0.05) is 12.1 Å². The number of anilines is 1. The van der Waals surface area contributed by atoms with Gasteiger partial charge in [0.2, 0.25) is 5.43 Å². The highest BCUT2D eigenvalue weighted by molar-refractivity contribution is 6.05. The number of fused-ring (bicyclic) bond motifs is 5. The average molecular weight is 419 g/mol. The first-order chi connectivity index (χ1) is 15.1. The van der Waals surface area contributed by atoms with Crippen LogP contribution >= 0.6 is 0 Å². The molecule has 1 fully saturated rings. The van der Waals surface area contributed by atoms with Crippen LogP contribution in [0.3, 0.4) is 0 Å². The number of nitrogens with one attached hydrogen (secondary N) is 2. The number of aromatic nitrogens is 3. The second-order valence-corrected chi connectivity index (χ2v) is 8.03.